The van der Waals surface area contributed by atoms with Crippen LogP contribution < -0.4 is 10.9 Å². The Labute approximate surface area is 136 Å². The van der Waals surface area contributed by atoms with E-state index in [1.54, 1.807) is 0 Å². The van der Waals surface area contributed by atoms with Crippen molar-refractivity contribution in [3.63, 3.8) is 0 Å². The molecule has 0 aliphatic rings. The number of nitrogens with one attached hydrogen (secondary N) is 1. The van der Waals surface area contributed by atoms with Gasteiger partial charge in [-0.3, -0.25) is 14.2 Å². The molecule has 1 unspecified atom stereocenters. The number of hydrogen-bond acceptors (Lipinski definition) is 3. The van der Waals surface area contributed by atoms with E-state index in [2.05, 4.69) is 5.32 Å². The quantitative estimate of drug-likeness (QED) is 0.825. The third-order valence-electron chi connectivity index (χ3n) is 3.48. The number of hydrogen-bond donors (Lipinski definition) is 2. The number of carboxylic acid groups (broad SMARTS) is 1. The Morgan fingerprint density at radius 3 is 2.33 bits per heavy atom. The number of carbonyl (C=O) groups excluding carboxylic acids is 1. The number of aromatic nitrogens is 1. The number of carbonyl (C=O) groups is 2. The largest absolute Gasteiger partial charge is 0.478 e. The molecule has 0 aliphatic carbocycles. The SMILES string of the molecule is CC(C)CCC(=O)NC(C)(C(=O)O)n1ccc(C(F)(F)F)cc1=O. The van der Waals surface area contributed by atoms with E-state index in [4.69, 9.17) is 0 Å². The van der Waals surface area contributed by atoms with Crippen molar-refractivity contribution in [2.75, 3.05) is 0 Å². The normalized spacial score (nSPS) is 14.3. The predicted molar refractivity (Wildman–Crippen MR) is 79.2 cm³/mol. The van der Waals surface area contributed by atoms with Crippen molar-refractivity contribution < 1.29 is 27.9 Å². The monoisotopic (exact) mass is 348 g/mol. The van der Waals surface area contributed by atoms with Crippen LogP contribution in [0.1, 0.15) is 39.2 Å². The minimum Gasteiger partial charge on any atom is -0.478 e. The lowest BCUT2D eigenvalue weighted by atomic mass is 10.1. The summed E-state index contributed by atoms with van der Waals surface area (Å²) >= 11 is 0. The van der Waals surface area contributed by atoms with Crippen molar-refractivity contribution in [2.45, 2.75) is 45.5 Å². The highest BCUT2D eigenvalue weighted by molar-refractivity contribution is 5.84. The van der Waals surface area contributed by atoms with Gasteiger partial charge in [0, 0.05) is 18.7 Å². The summed E-state index contributed by atoms with van der Waals surface area (Å²) in [6.07, 6.45) is -3.47. The van der Waals surface area contributed by atoms with Crippen LogP contribution in [-0.4, -0.2) is 21.6 Å². The van der Waals surface area contributed by atoms with Crippen LogP contribution in [-0.2, 0) is 21.4 Å². The molecule has 0 spiro atoms. The number of carboxylic acids is 1. The van der Waals surface area contributed by atoms with Crippen molar-refractivity contribution in [3.8, 4) is 0 Å². The first-order valence-corrected chi connectivity index (χ1v) is 7.22. The van der Waals surface area contributed by atoms with Crippen molar-refractivity contribution in [1.82, 2.24) is 9.88 Å². The molecule has 0 aromatic carbocycles. The van der Waals surface area contributed by atoms with Crippen LogP contribution >= 0.6 is 0 Å². The molecule has 0 saturated heterocycles. The first-order valence-electron chi connectivity index (χ1n) is 7.22. The first-order chi connectivity index (χ1) is 10.9. The van der Waals surface area contributed by atoms with Crippen LogP contribution in [0.25, 0.3) is 0 Å². The number of nitrogens with zero attached hydrogens (tertiary/aromatic N) is 1. The summed E-state index contributed by atoms with van der Waals surface area (Å²) in [5.41, 5.74) is -4.56. The first kappa shape index (κ1) is 19.7. The zero-order chi connectivity index (χ0) is 18.7. The minimum absolute atomic E-state index is 0.0376. The second-order valence-corrected chi connectivity index (χ2v) is 5.98. The maximum Gasteiger partial charge on any atom is 0.416 e. The van der Waals surface area contributed by atoms with E-state index in [9.17, 15) is 32.7 Å². The van der Waals surface area contributed by atoms with Crippen LogP contribution in [0.15, 0.2) is 23.1 Å². The van der Waals surface area contributed by atoms with E-state index in [1.807, 2.05) is 13.8 Å². The lowest BCUT2D eigenvalue weighted by molar-refractivity contribution is -0.151. The molecule has 1 aromatic heterocycles. The lowest BCUT2D eigenvalue weighted by Gasteiger charge is -2.29. The van der Waals surface area contributed by atoms with E-state index in [1.165, 1.54) is 0 Å². The molecule has 1 heterocycles. The van der Waals surface area contributed by atoms with E-state index in [0.717, 1.165) is 6.92 Å². The molecule has 1 aromatic rings. The molecular weight excluding hydrogens is 329 g/mol. The molecule has 0 fully saturated rings. The topological polar surface area (TPSA) is 88.4 Å². The van der Waals surface area contributed by atoms with Gasteiger partial charge in [-0.15, -0.1) is 0 Å². The lowest BCUT2D eigenvalue weighted by Crippen LogP contribution is -2.57. The summed E-state index contributed by atoms with van der Waals surface area (Å²) in [6, 6.07) is 0.879. The van der Waals surface area contributed by atoms with E-state index >= 15 is 0 Å². The van der Waals surface area contributed by atoms with Crippen LogP contribution in [0.3, 0.4) is 0 Å². The molecular formula is C15H19F3N2O4. The zero-order valence-corrected chi connectivity index (χ0v) is 13.5. The zero-order valence-electron chi connectivity index (χ0n) is 13.5. The maximum atomic E-state index is 12.6. The molecule has 2 N–H and O–H groups in total. The third-order valence-corrected chi connectivity index (χ3v) is 3.48. The van der Waals surface area contributed by atoms with Gasteiger partial charge in [0.15, 0.2) is 0 Å². The van der Waals surface area contributed by atoms with E-state index in [-0.39, 0.29) is 12.3 Å². The average molecular weight is 348 g/mol. The third kappa shape index (κ3) is 4.59. The molecule has 24 heavy (non-hydrogen) atoms. The molecule has 1 atom stereocenters. The van der Waals surface area contributed by atoms with E-state index < -0.39 is 34.8 Å². The molecule has 0 saturated carbocycles. The molecule has 0 aliphatic heterocycles. The fraction of sp³-hybridized carbons (Fsp3) is 0.533. The standard InChI is InChI=1S/C15H19F3N2O4/c1-9(2)4-5-11(21)19-14(3,13(23)24)20-7-6-10(8-12(20)22)15(16,17)18/h6-9H,4-5H2,1-3H3,(H,19,21)(H,23,24). The summed E-state index contributed by atoms with van der Waals surface area (Å²) in [5.74, 6) is -1.97. The van der Waals surface area contributed by atoms with Gasteiger partial charge in [-0.05, 0) is 25.3 Å². The highest BCUT2D eigenvalue weighted by Gasteiger charge is 2.39. The van der Waals surface area contributed by atoms with Gasteiger partial charge in [-0.25, -0.2) is 4.79 Å². The van der Waals surface area contributed by atoms with Gasteiger partial charge in [-0.2, -0.15) is 13.2 Å². The molecule has 9 heteroatoms. The second kappa shape index (κ2) is 7.06. The second-order valence-electron chi connectivity index (χ2n) is 5.98. The fourth-order valence-corrected chi connectivity index (χ4v) is 2.00. The number of halogens is 3. The Bertz CT molecular complexity index is 682. The number of pyridine rings is 1. The molecule has 6 nitrogen and oxygen atoms in total. The molecule has 0 bridgehead atoms. The summed E-state index contributed by atoms with van der Waals surface area (Å²) in [5, 5.41) is 11.6. The molecule has 0 radical (unpaired) electrons. The van der Waals surface area contributed by atoms with Crippen LogP contribution in [0, 0.1) is 5.92 Å². The van der Waals surface area contributed by atoms with Crippen molar-refractivity contribution >= 4 is 11.9 Å². The predicted octanol–water partition coefficient (Wildman–Crippen LogP) is 2.18. The van der Waals surface area contributed by atoms with Gasteiger partial charge in [0.05, 0.1) is 5.56 Å². The van der Waals surface area contributed by atoms with Gasteiger partial charge in [0.1, 0.15) is 0 Å². The summed E-state index contributed by atoms with van der Waals surface area (Å²) in [7, 11) is 0. The molecule has 1 amide bonds. The summed E-state index contributed by atoms with van der Waals surface area (Å²) < 4.78 is 38.4. The van der Waals surface area contributed by atoms with Crippen LogP contribution in [0.4, 0.5) is 13.2 Å². The highest BCUT2D eigenvalue weighted by atomic mass is 19.4. The molecule has 1 rings (SSSR count). The van der Waals surface area contributed by atoms with Gasteiger partial charge < -0.3 is 10.4 Å². The highest BCUT2D eigenvalue weighted by Crippen LogP contribution is 2.28. The maximum absolute atomic E-state index is 12.6. The average Bonchev–Trinajstić information content (AvgIpc) is 2.43. The number of amides is 1. The van der Waals surface area contributed by atoms with Crippen molar-refractivity contribution in [2.24, 2.45) is 5.92 Å². The fourth-order valence-electron chi connectivity index (χ4n) is 2.00. The van der Waals surface area contributed by atoms with Gasteiger partial charge in [-0.1, -0.05) is 13.8 Å². The summed E-state index contributed by atoms with van der Waals surface area (Å²) in [4.78, 5) is 35.4. The number of alkyl halides is 3. The molecule has 134 valence electrons. The Morgan fingerprint density at radius 2 is 1.92 bits per heavy atom. The van der Waals surface area contributed by atoms with Gasteiger partial charge in [0.2, 0.25) is 11.6 Å². The van der Waals surface area contributed by atoms with Crippen molar-refractivity contribution in [3.05, 3.63) is 34.2 Å². The van der Waals surface area contributed by atoms with Crippen LogP contribution in [0.2, 0.25) is 0 Å². The number of aliphatic carboxylic acids is 1. The van der Waals surface area contributed by atoms with Crippen molar-refractivity contribution in [1.29, 1.82) is 0 Å². The number of rotatable bonds is 6. The Balaban J connectivity index is 3.18. The van der Waals surface area contributed by atoms with Gasteiger partial charge >= 0.3 is 12.1 Å². The van der Waals surface area contributed by atoms with E-state index in [0.29, 0.717) is 29.3 Å². The Kier molecular flexibility index (Phi) is 5.80. The summed E-state index contributed by atoms with van der Waals surface area (Å²) in [6.45, 7) is 4.80. The Hall–Kier alpha value is -2.32. The van der Waals surface area contributed by atoms with Gasteiger partial charge in [0.25, 0.3) is 5.56 Å². The van der Waals surface area contributed by atoms with Crippen LogP contribution in [0.5, 0.6) is 0 Å². The Morgan fingerprint density at radius 1 is 1.33 bits per heavy atom. The minimum atomic E-state index is -4.72. The smallest absolute Gasteiger partial charge is 0.416 e.